The Morgan fingerprint density at radius 3 is 2.45 bits per heavy atom. The van der Waals surface area contributed by atoms with Crippen LogP contribution in [0.1, 0.15) is 37.1 Å². The highest BCUT2D eigenvalue weighted by Crippen LogP contribution is 2.38. The molecule has 0 aliphatic carbocycles. The molecule has 0 saturated carbocycles. The SMILES string of the molecule is C[C@H](c1ccc(F)cc1)n1cncc1CC1(C#N)CCN(S(=O)(=O)c2cnc(N3CCN(C)CC3)s2)CC1. The minimum absolute atomic E-state index is 0.0786. The van der Waals surface area contributed by atoms with E-state index in [-0.39, 0.29) is 29.2 Å². The predicted molar refractivity (Wildman–Crippen MR) is 144 cm³/mol. The molecule has 9 nitrogen and oxygen atoms in total. The average molecular weight is 558 g/mol. The largest absolute Gasteiger partial charge is 0.345 e. The molecule has 5 rings (SSSR count). The normalized spacial score (nSPS) is 19.8. The zero-order chi connectivity index (χ0) is 26.9. The number of likely N-dealkylation sites (N-methyl/N-ethyl adjacent to an activating group) is 1. The number of hydrogen-bond donors (Lipinski definition) is 0. The first-order valence-electron chi connectivity index (χ1n) is 12.8. The number of hydrogen-bond acceptors (Lipinski definition) is 8. The number of sulfonamides is 1. The minimum Gasteiger partial charge on any atom is -0.345 e. The maximum Gasteiger partial charge on any atom is 0.254 e. The molecule has 3 aromatic rings. The van der Waals surface area contributed by atoms with Crippen LogP contribution in [0.25, 0.3) is 0 Å². The first-order valence-corrected chi connectivity index (χ1v) is 15.0. The molecule has 2 fully saturated rings. The van der Waals surface area contributed by atoms with Crippen molar-refractivity contribution in [3.63, 3.8) is 0 Å². The van der Waals surface area contributed by atoms with Crippen LogP contribution in [0.4, 0.5) is 9.52 Å². The lowest BCUT2D eigenvalue weighted by Gasteiger charge is -2.36. The molecule has 2 aliphatic heterocycles. The Labute approximate surface area is 227 Å². The molecule has 38 heavy (non-hydrogen) atoms. The molecule has 12 heteroatoms. The number of piperidine rings is 1. The lowest BCUT2D eigenvalue weighted by atomic mass is 9.76. The second-order valence-corrected chi connectivity index (χ2v) is 13.4. The van der Waals surface area contributed by atoms with E-state index in [1.54, 1.807) is 24.7 Å². The van der Waals surface area contributed by atoms with Crippen molar-refractivity contribution in [2.75, 3.05) is 51.2 Å². The van der Waals surface area contributed by atoms with Gasteiger partial charge in [-0.05, 0) is 44.5 Å². The molecule has 0 bridgehead atoms. The van der Waals surface area contributed by atoms with Crippen LogP contribution >= 0.6 is 11.3 Å². The molecule has 0 spiro atoms. The molecule has 2 aliphatic rings. The van der Waals surface area contributed by atoms with Crippen LogP contribution in [0.2, 0.25) is 0 Å². The Morgan fingerprint density at radius 2 is 1.79 bits per heavy atom. The van der Waals surface area contributed by atoms with Crippen molar-refractivity contribution in [1.82, 2.24) is 23.7 Å². The van der Waals surface area contributed by atoms with E-state index in [2.05, 4.69) is 32.9 Å². The van der Waals surface area contributed by atoms with Crippen LogP contribution in [0.3, 0.4) is 0 Å². The van der Waals surface area contributed by atoms with E-state index < -0.39 is 15.4 Å². The van der Waals surface area contributed by atoms with Gasteiger partial charge in [0.2, 0.25) is 0 Å². The van der Waals surface area contributed by atoms with Gasteiger partial charge in [0.15, 0.2) is 9.34 Å². The average Bonchev–Trinajstić information content (AvgIpc) is 3.60. The highest BCUT2D eigenvalue weighted by Gasteiger charge is 2.40. The van der Waals surface area contributed by atoms with Crippen molar-refractivity contribution in [2.45, 2.75) is 36.4 Å². The molecule has 0 amide bonds. The Kier molecular flexibility index (Phi) is 7.55. The third kappa shape index (κ3) is 5.33. The van der Waals surface area contributed by atoms with E-state index in [0.29, 0.717) is 19.3 Å². The van der Waals surface area contributed by atoms with Crippen molar-refractivity contribution in [1.29, 1.82) is 5.26 Å². The van der Waals surface area contributed by atoms with Gasteiger partial charge in [0.1, 0.15) is 5.82 Å². The van der Waals surface area contributed by atoms with Crippen LogP contribution in [0.5, 0.6) is 0 Å². The summed E-state index contributed by atoms with van der Waals surface area (Å²) in [5.41, 5.74) is 1.15. The fourth-order valence-corrected chi connectivity index (χ4v) is 7.96. The van der Waals surface area contributed by atoms with Crippen LogP contribution < -0.4 is 4.90 Å². The third-order valence-corrected chi connectivity index (χ3v) is 11.2. The topological polar surface area (TPSA) is 98.4 Å². The van der Waals surface area contributed by atoms with Gasteiger partial charge in [-0.25, -0.2) is 22.8 Å². The zero-order valence-corrected chi connectivity index (χ0v) is 23.3. The smallest absolute Gasteiger partial charge is 0.254 e. The fourth-order valence-electron chi connectivity index (χ4n) is 5.19. The molecule has 4 heterocycles. The molecule has 0 radical (unpaired) electrons. The predicted octanol–water partition coefficient (Wildman–Crippen LogP) is 3.38. The number of imidazole rings is 1. The Bertz CT molecular complexity index is 1400. The van der Waals surface area contributed by atoms with Crippen molar-refractivity contribution >= 4 is 26.5 Å². The fraction of sp³-hybridized carbons (Fsp3) is 0.500. The maximum atomic E-state index is 13.4. The lowest BCUT2D eigenvalue weighted by Crippen LogP contribution is -2.44. The van der Waals surface area contributed by atoms with Crippen LogP contribution in [0, 0.1) is 22.6 Å². The molecule has 1 atom stereocenters. The number of thiazole rings is 1. The molecular formula is C26H32FN7O2S2. The second-order valence-electron chi connectivity index (χ2n) is 10.2. The monoisotopic (exact) mass is 557 g/mol. The van der Waals surface area contributed by atoms with Gasteiger partial charge < -0.3 is 14.4 Å². The first kappa shape index (κ1) is 26.7. The van der Waals surface area contributed by atoms with Crippen LogP contribution in [-0.2, 0) is 16.4 Å². The van der Waals surface area contributed by atoms with E-state index in [0.717, 1.165) is 42.6 Å². The van der Waals surface area contributed by atoms with Crippen LogP contribution in [0.15, 0.2) is 47.2 Å². The van der Waals surface area contributed by atoms with Gasteiger partial charge in [-0.15, -0.1) is 0 Å². The summed E-state index contributed by atoms with van der Waals surface area (Å²) in [5, 5.41) is 10.9. The summed E-state index contributed by atoms with van der Waals surface area (Å²) in [6.45, 7) is 6.07. The Hall–Kier alpha value is -2.85. The van der Waals surface area contributed by atoms with E-state index >= 15 is 0 Å². The molecule has 0 unspecified atom stereocenters. The van der Waals surface area contributed by atoms with Crippen molar-refractivity contribution in [3.05, 3.63) is 60.1 Å². The first-order chi connectivity index (χ1) is 18.2. The van der Waals surface area contributed by atoms with Gasteiger partial charge in [-0.3, -0.25) is 0 Å². The summed E-state index contributed by atoms with van der Waals surface area (Å²) < 4.78 is 44.0. The van der Waals surface area contributed by atoms with Crippen molar-refractivity contribution in [3.8, 4) is 6.07 Å². The van der Waals surface area contributed by atoms with E-state index in [1.807, 2.05) is 11.5 Å². The summed E-state index contributed by atoms with van der Waals surface area (Å²) in [6.07, 6.45) is 6.30. The summed E-state index contributed by atoms with van der Waals surface area (Å²) in [5.74, 6) is -0.286. The summed E-state index contributed by atoms with van der Waals surface area (Å²) in [7, 11) is -1.60. The lowest BCUT2D eigenvalue weighted by molar-refractivity contribution is 0.209. The van der Waals surface area contributed by atoms with Crippen molar-refractivity contribution < 1.29 is 12.8 Å². The number of aromatic nitrogens is 3. The molecule has 0 N–H and O–H groups in total. The van der Waals surface area contributed by atoms with E-state index in [1.165, 1.54) is 34.0 Å². The molecule has 1 aromatic carbocycles. The van der Waals surface area contributed by atoms with Gasteiger partial charge in [-0.2, -0.15) is 9.57 Å². The highest BCUT2D eigenvalue weighted by atomic mass is 32.2. The molecular weight excluding hydrogens is 525 g/mol. The Balaban J connectivity index is 1.26. The molecule has 2 aromatic heterocycles. The van der Waals surface area contributed by atoms with E-state index in [4.69, 9.17) is 0 Å². The minimum atomic E-state index is -3.68. The number of anilines is 1. The number of benzene rings is 1. The van der Waals surface area contributed by atoms with Crippen molar-refractivity contribution in [2.24, 2.45) is 5.41 Å². The number of nitriles is 1. The second kappa shape index (κ2) is 10.7. The summed E-state index contributed by atoms with van der Waals surface area (Å²) in [4.78, 5) is 13.1. The quantitative estimate of drug-likeness (QED) is 0.439. The summed E-state index contributed by atoms with van der Waals surface area (Å²) in [6, 6.07) is 8.80. The maximum absolute atomic E-state index is 13.4. The Morgan fingerprint density at radius 1 is 1.11 bits per heavy atom. The highest BCUT2D eigenvalue weighted by molar-refractivity contribution is 7.91. The summed E-state index contributed by atoms with van der Waals surface area (Å²) >= 11 is 1.22. The number of rotatable bonds is 7. The molecule has 2 saturated heterocycles. The van der Waals surface area contributed by atoms with Gasteiger partial charge in [0.25, 0.3) is 10.0 Å². The third-order valence-electron chi connectivity index (χ3n) is 7.79. The zero-order valence-electron chi connectivity index (χ0n) is 21.6. The number of halogens is 1. The van der Waals surface area contributed by atoms with Crippen LogP contribution in [-0.4, -0.2) is 78.5 Å². The van der Waals surface area contributed by atoms with Gasteiger partial charge >= 0.3 is 0 Å². The van der Waals surface area contributed by atoms with E-state index in [9.17, 15) is 18.1 Å². The van der Waals surface area contributed by atoms with Gasteiger partial charge in [-0.1, -0.05) is 23.5 Å². The number of nitrogens with zero attached hydrogens (tertiary/aromatic N) is 7. The standard InChI is InChI=1S/C26H32FN7O2S2/c1-20(21-3-5-22(27)6-4-21)34-19-29-16-23(34)15-26(18-28)7-9-33(10-8-26)38(35,36)24-17-30-25(37-24)32-13-11-31(2)12-14-32/h3-6,16-17,19-20H,7-15H2,1-2H3/t20-/m1/s1. The van der Waals surface area contributed by atoms with Gasteiger partial charge in [0.05, 0.1) is 30.1 Å². The number of piperazine rings is 1. The molecule has 202 valence electrons. The van der Waals surface area contributed by atoms with Gasteiger partial charge in [0, 0.05) is 57.6 Å².